The average Bonchev–Trinajstić information content (AvgIpc) is 2.47. The van der Waals surface area contributed by atoms with Crippen molar-refractivity contribution in [2.45, 2.75) is 38.0 Å². The van der Waals surface area contributed by atoms with Gasteiger partial charge in [-0.15, -0.1) is 0 Å². The molecule has 0 amide bonds. The molecule has 0 saturated heterocycles. The first-order valence-electron chi connectivity index (χ1n) is 6.81. The molecule has 0 aliphatic heterocycles. The van der Waals surface area contributed by atoms with E-state index in [0.717, 1.165) is 18.4 Å². The Bertz CT molecular complexity index is 492. The van der Waals surface area contributed by atoms with Crippen LogP contribution in [0.4, 0.5) is 0 Å². The van der Waals surface area contributed by atoms with Crippen molar-refractivity contribution in [3.63, 3.8) is 0 Å². The smallest absolute Gasteiger partial charge is 0.140 e. The zero-order chi connectivity index (χ0) is 13.7. The summed E-state index contributed by atoms with van der Waals surface area (Å²) in [5.41, 5.74) is 0.962. The highest BCUT2D eigenvalue weighted by Gasteiger charge is 2.33. The van der Waals surface area contributed by atoms with Crippen LogP contribution in [0.5, 0.6) is 0 Å². The Morgan fingerprint density at radius 3 is 2.26 bits per heavy atom. The molecular weight excluding hydrogens is 256 g/mol. The summed E-state index contributed by atoms with van der Waals surface area (Å²) in [6.45, 7) is 0. The van der Waals surface area contributed by atoms with E-state index in [1.807, 2.05) is 24.3 Å². The summed E-state index contributed by atoms with van der Waals surface area (Å²) < 4.78 is 0. The van der Waals surface area contributed by atoms with E-state index in [-0.39, 0.29) is 5.92 Å². The Morgan fingerprint density at radius 2 is 1.68 bits per heavy atom. The van der Waals surface area contributed by atoms with Crippen molar-refractivity contribution < 1.29 is 0 Å². The van der Waals surface area contributed by atoms with Crippen LogP contribution in [-0.2, 0) is 0 Å². The van der Waals surface area contributed by atoms with E-state index in [1.165, 1.54) is 19.3 Å². The van der Waals surface area contributed by atoms with Crippen molar-refractivity contribution in [1.82, 2.24) is 0 Å². The van der Waals surface area contributed by atoms with Crippen molar-refractivity contribution in [2.24, 2.45) is 11.8 Å². The zero-order valence-corrected chi connectivity index (χ0v) is 11.6. The molecule has 1 fully saturated rings. The molecule has 1 aliphatic rings. The molecule has 1 aromatic rings. The van der Waals surface area contributed by atoms with Crippen LogP contribution >= 0.6 is 11.6 Å². The minimum atomic E-state index is -0.608. The third kappa shape index (κ3) is 3.09. The predicted octanol–water partition coefficient (Wildman–Crippen LogP) is 4.67. The van der Waals surface area contributed by atoms with Crippen LogP contribution in [-0.4, -0.2) is 0 Å². The summed E-state index contributed by atoms with van der Waals surface area (Å²) in [4.78, 5) is 0. The second-order valence-electron chi connectivity index (χ2n) is 5.18. The topological polar surface area (TPSA) is 47.6 Å². The second-order valence-corrected chi connectivity index (χ2v) is 5.59. The standard InChI is InChI=1S/C16H17ClN2/c17-15-9-5-4-8-14(15)16(13(10-18)11-19)12-6-2-1-3-7-12/h4-5,8-9,12-13,16H,1-3,6-7H2. The quantitative estimate of drug-likeness (QED) is 0.803. The van der Waals surface area contributed by atoms with Crippen LogP contribution in [0, 0.1) is 34.5 Å². The maximum absolute atomic E-state index is 9.26. The van der Waals surface area contributed by atoms with Gasteiger partial charge >= 0.3 is 0 Å². The van der Waals surface area contributed by atoms with Gasteiger partial charge in [-0.25, -0.2) is 0 Å². The molecule has 1 saturated carbocycles. The number of hydrogen-bond acceptors (Lipinski definition) is 2. The van der Waals surface area contributed by atoms with E-state index in [9.17, 15) is 10.5 Å². The highest BCUT2D eigenvalue weighted by Crippen LogP contribution is 2.42. The lowest BCUT2D eigenvalue weighted by Gasteiger charge is -2.31. The molecule has 1 aromatic carbocycles. The molecule has 1 unspecified atom stereocenters. The highest BCUT2D eigenvalue weighted by molar-refractivity contribution is 6.31. The maximum atomic E-state index is 9.26. The van der Waals surface area contributed by atoms with Crippen LogP contribution in [0.15, 0.2) is 24.3 Å². The second kappa shape index (κ2) is 6.60. The van der Waals surface area contributed by atoms with E-state index in [0.29, 0.717) is 10.9 Å². The molecule has 1 aliphatic carbocycles. The molecule has 19 heavy (non-hydrogen) atoms. The highest BCUT2D eigenvalue weighted by atomic mass is 35.5. The van der Waals surface area contributed by atoms with Gasteiger partial charge < -0.3 is 0 Å². The lowest BCUT2D eigenvalue weighted by Crippen LogP contribution is -2.22. The van der Waals surface area contributed by atoms with Gasteiger partial charge in [0.15, 0.2) is 0 Å². The van der Waals surface area contributed by atoms with Crippen LogP contribution in [0.1, 0.15) is 43.6 Å². The zero-order valence-electron chi connectivity index (χ0n) is 10.8. The molecule has 0 radical (unpaired) electrons. The van der Waals surface area contributed by atoms with Crippen LogP contribution in [0.2, 0.25) is 5.02 Å². The van der Waals surface area contributed by atoms with Gasteiger partial charge in [0.05, 0.1) is 12.1 Å². The Kier molecular flexibility index (Phi) is 4.83. The molecule has 98 valence electrons. The molecule has 0 heterocycles. The summed E-state index contributed by atoms with van der Waals surface area (Å²) in [6, 6.07) is 11.9. The Labute approximate surface area is 119 Å². The monoisotopic (exact) mass is 272 g/mol. The van der Waals surface area contributed by atoms with Gasteiger partial charge in [0.2, 0.25) is 0 Å². The first kappa shape index (κ1) is 13.9. The normalized spacial score (nSPS) is 17.7. The van der Waals surface area contributed by atoms with Gasteiger partial charge in [-0.2, -0.15) is 10.5 Å². The Hall–Kier alpha value is -1.51. The number of rotatable bonds is 3. The minimum absolute atomic E-state index is 0.0519. The molecule has 1 atom stereocenters. The number of nitrogens with zero attached hydrogens (tertiary/aromatic N) is 2. The van der Waals surface area contributed by atoms with E-state index in [2.05, 4.69) is 12.1 Å². The molecule has 2 rings (SSSR count). The van der Waals surface area contributed by atoms with Crippen LogP contribution in [0.3, 0.4) is 0 Å². The molecular formula is C16H17ClN2. The van der Waals surface area contributed by atoms with Crippen molar-refractivity contribution in [3.8, 4) is 12.1 Å². The lowest BCUT2D eigenvalue weighted by molar-refractivity contribution is 0.287. The van der Waals surface area contributed by atoms with E-state index in [4.69, 9.17) is 11.6 Å². The molecule has 3 heteroatoms. The largest absolute Gasteiger partial charge is 0.197 e. The molecule has 0 spiro atoms. The first-order chi connectivity index (χ1) is 9.27. The number of halogens is 1. The third-order valence-electron chi connectivity index (χ3n) is 4.06. The Balaban J connectivity index is 2.37. The van der Waals surface area contributed by atoms with Gasteiger partial charge in [0.1, 0.15) is 5.92 Å². The third-order valence-corrected chi connectivity index (χ3v) is 4.40. The van der Waals surface area contributed by atoms with Crippen LogP contribution in [0.25, 0.3) is 0 Å². The SMILES string of the molecule is N#CC(C#N)C(c1ccccc1Cl)C1CCCCC1. The van der Waals surface area contributed by atoms with Gasteiger partial charge in [0.25, 0.3) is 0 Å². The van der Waals surface area contributed by atoms with E-state index in [1.54, 1.807) is 0 Å². The summed E-state index contributed by atoms with van der Waals surface area (Å²) in [6.07, 6.45) is 5.82. The molecule has 0 bridgehead atoms. The van der Waals surface area contributed by atoms with Crippen molar-refractivity contribution in [1.29, 1.82) is 10.5 Å². The summed E-state index contributed by atoms with van der Waals surface area (Å²) in [5, 5.41) is 19.2. The number of nitriles is 2. The van der Waals surface area contributed by atoms with Gasteiger partial charge in [-0.3, -0.25) is 0 Å². The fourth-order valence-corrected chi connectivity index (χ4v) is 3.40. The number of hydrogen-bond donors (Lipinski definition) is 0. The molecule has 0 N–H and O–H groups in total. The summed E-state index contributed by atoms with van der Waals surface area (Å²) in [5.74, 6) is -0.259. The molecule has 2 nitrogen and oxygen atoms in total. The van der Waals surface area contributed by atoms with E-state index >= 15 is 0 Å². The predicted molar refractivity (Wildman–Crippen MR) is 75.5 cm³/mol. The van der Waals surface area contributed by atoms with Crippen molar-refractivity contribution in [2.75, 3.05) is 0 Å². The lowest BCUT2D eigenvalue weighted by atomic mass is 9.71. The Morgan fingerprint density at radius 1 is 1.05 bits per heavy atom. The first-order valence-corrected chi connectivity index (χ1v) is 7.19. The minimum Gasteiger partial charge on any atom is -0.197 e. The average molecular weight is 273 g/mol. The maximum Gasteiger partial charge on any atom is 0.140 e. The van der Waals surface area contributed by atoms with Gasteiger partial charge in [0, 0.05) is 10.9 Å². The van der Waals surface area contributed by atoms with E-state index < -0.39 is 5.92 Å². The summed E-state index contributed by atoms with van der Waals surface area (Å²) >= 11 is 6.28. The fraction of sp³-hybridized carbons (Fsp3) is 0.500. The van der Waals surface area contributed by atoms with Crippen molar-refractivity contribution in [3.05, 3.63) is 34.9 Å². The van der Waals surface area contributed by atoms with Gasteiger partial charge in [-0.05, 0) is 30.4 Å². The fourth-order valence-electron chi connectivity index (χ4n) is 3.13. The van der Waals surface area contributed by atoms with Crippen LogP contribution < -0.4 is 0 Å². The molecule has 0 aromatic heterocycles. The van der Waals surface area contributed by atoms with Crippen molar-refractivity contribution >= 4 is 11.6 Å². The number of benzene rings is 1. The van der Waals surface area contributed by atoms with Gasteiger partial charge in [-0.1, -0.05) is 49.1 Å². The summed E-state index contributed by atoms with van der Waals surface area (Å²) in [7, 11) is 0.